The van der Waals surface area contributed by atoms with Gasteiger partial charge in [0.25, 0.3) is 0 Å². The van der Waals surface area contributed by atoms with E-state index < -0.39 is 0 Å². The lowest BCUT2D eigenvalue weighted by Gasteiger charge is -2.28. The van der Waals surface area contributed by atoms with Crippen LogP contribution in [-0.4, -0.2) is 29.7 Å². The van der Waals surface area contributed by atoms with E-state index >= 15 is 0 Å². The molecule has 1 aliphatic heterocycles. The van der Waals surface area contributed by atoms with E-state index in [1.807, 2.05) is 36.2 Å². The summed E-state index contributed by atoms with van der Waals surface area (Å²) < 4.78 is 12.8. The maximum Gasteiger partial charge on any atom is 0.322 e. The summed E-state index contributed by atoms with van der Waals surface area (Å²) in [6, 6.07) is 17.3. The summed E-state index contributed by atoms with van der Waals surface area (Å²) in [5, 5.41) is 2.99. The minimum atomic E-state index is -0.180. The SMILES string of the molecule is COc1ccc(NC(=O)N2Cc3ccccc3-n3cccc3[C@@H]2C)c(OC)c1. The average Bonchev–Trinajstić information content (AvgIpc) is 3.17. The number of ether oxygens (including phenoxy) is 2. The van der Waals surface area contributed by atoms with Crippen LogP contribution in [0.4, 0.5) is 10.5 Å². The summed E-state index contributed by atoms with van der Waals surface area (Å²) in [6.45, 7) is 2.56. The Hall–Kier alpha value is -3.41. The molecule has 1 N–H and O–H groups in total. The lowest BCUT2D eigenvalue weighted by Crippen LogP contribution is -2.36. The fourth-order valence-corrected chi connectivity index (χ4v) is 3.65. The molecule has 0 saturated heterocycles. The van der Waals surface area contributed by atoms with Crippen molar-refractivity contribution in [1.29, 1.82) is 0 Å². The standard InChI is InChI=1S/C22H23N3O3/c1-15-19-9-6-12-24(19)20-8-5-4-7-16(20)14-25(15)22(26)23-18-11-10-17(27-2)13-21(18)28-3/h4-13,15H,14H2,1-3H3,(H,23,26)/t15-/m0/s1. The number of fused-ring (bicyclic) bond motifs is 3. The molecule has 2 aromatic carbocycles. The molecule has 2 heterocycles. The van der Waals surface area contributed by atoms with E-state index in [4.69, 9.17) is 9.47 Å². The van der Waals surface area contributed by atoms with Crippen molar-refractivity contribution in [3.63, 3.8) is 0 Å². The number of nitrogens with one attached hydrogen (secondary N) is 1. The number of carbonyl (C=O) groups is 1. The van der Waals surface area contributed by atoms with Crippen molar-refractivity contribution in [1.82, 2.24) is 9.47 Å². The molecule has 0 saturated carbocycles. The van der Waals surface area contributed by atoms with E-state index in [9.17, 15) is 4.79 Å². The maximum absolute atomic E-state index is 13.2. The van der Waals surface area contributed by atoms with Crippen molar-refractivity contribution in [2.24, 2.45) is 0 Å². The Morgan fingerprint density at radius 2 is 1.89 bits per heavy atom. The highest BCUT2D eigenvalue weighted by Gasteiger charge is 2.29. The molecule has 6 nitrogen and oxygen atoms in total. The van der Waals surface area contributed by atoms with Crippen LogP contribution < -0.4 is 14.8 Å². The van der Waals surface area contributed by atoms with E-state index in [-0.39, 0.29) is 12.1 Å². The zero-order chi connectivity index (χ0) is 19.7. The number of benzene rings is 2. The van der Waals surface area contributed by atoms with Gasteiger partial charge in [0, 0.05) is 18.0 Å². The summed E-state index contributed by atoms with van der Waals surface area (Å²) in [6.07, 6.45) is 2.04. The van der Waals surface area contributed by atoms with Gasteiger partial charge in [0.05, 0.1) is 38.2 Å². The first kappa shape index (κ1) is 18.0. The Bertz CT molecular complexity index is 1010. The van der Waals surface area contributed by atoms with Crippen molar-refractivity contribution in [3.8, 4) is 17.2 Å². The molecule has 4 rings (SSSR count). The number of nitrogens with zero attached hydrogens (tertiary/aromatic N) is 2. The van der Waals surface area contributed by atoms with Gasteiger partial charge in [-0.05, 0) is 42.8 Å². The monoisotopic (exact) mass is 377 g/mol. The van der Waals surface area contributed by atoms with E-state index in [2.05, 4.69) is 28.1 Å². The van der Waals surface area contributed by atoms with Crippen LogP contribution in [0.1, 0.15) is 24.2 Å². The highest BCUT2D eigenvalue weighted by atomic mass is 16.5. The summed E-state index contributed by atoms with van der Waals surface area (Å²) in [4.78, 5) is 15.0. The average molecular weight is 377 g/mol. The first-order valence-corrected chi connectivity index (χ1v) is 9.17. The second kappa shape index (κ2) is 7.31. The number of rotatable bonds is 3. The van der Waals surface area contributed by atoms with Gasteiger partial charge in [0.15, 0.2) is 0 Å². The molecule has 0 fully saturated rings. The molecule has 1 aromatic heterocycles. The van der Waals surface area contributed by atoms with Crippen LogP contribution >= 0.6 is 0 Å². The summed E-state index contributed by atoms with van der Waals surface area (Å²) in [5.41, 5.74) is 3.88. The molecule has 6 heteroatoms. The normalized spacial score (nSPS) is 15.2. The minimum absolute atomic E-state index is 0.0911. The highest BCUT2D eigenvalue weighted by Crippen LogP contribution is 2.34. The number of hydrogen-bond donors (Lipinski definition) is 1. The number of aromatic nitrogens is 1. The zero-order valence-corrected chi connectivity index (χ0v) is 16.2. The molecule has 0 radical (unpaired) electrons. The van der Waals surface area contributed by atoms with Gasteiger partial charge in [-0.2, -0.15) is 0 Å². The Labute approximate surface area is 164 Å². The molecule has 0 unspecified atom stereocenters. The number of hydrogen-bond acceptors (Lipinski definition) is 3. The van der Waals surface area contributed by atoms with E-state index in [0.717, 1.165) is 16.9 Å². The number of carbonyl (C=O) groups excluding carboxylic acids is 1. The summed E-state index contributed by atoms with van der Waals surface area (Å²) in [5.74, 6) is 1.23. The lowest BCUT2D eigenvalue weighted by atomic mass is 10.1. The van der Waals surface area contributed by atoms with Crippen molar-refractivity contribution in [3.05, 3.63) is 72.1 Å². The highest BCUT2D eigenvalue weighted by molar-refractivity contribution is 5.91. The first-order chi connectivity index (χ1) is 13.6. The third-order valence-electron chi connectivity index (χ3n) is 5.18. The van der Waals surface area contributed by atoms with Crippen LogP contribution in [0.5, 0.6) is 11.5 Å². The topological polar surface area (TPSA) is 55.7 Å². The van der Waals surface area contributed by atoms with Gasteiger partial charge in [0.2, 0.25) is 0 Å². The van der Waals surface area contributed by atoms with E-state index in [1.165, 1.54) is 0 Å². The summed E-state index contributed by atoms with van der Waals surface area (Å²) in [7, 11) is 3.17. The third-order valence-corrected chi connectivity index (χ3v) is 5.18. The fourth-order valence-electron chi connectivity index (χ4n) is 3.65. The zero-order valence-electron chi connectivity index (χ0n) is 16.2. The minimum Gasteiger partial charge on any atom is -0.497 e. The third kappa shape index (κ3) is 3.07. The van der Waals surface area contributed by atoms with E-state index in [1.54, 1.807) is 32.4 Å². The molecule has 3 aromatic rings. The summed E-state index contributed by atoms with van der Waals surface area (Å²) >= 11 is 0. The van der Waals surface area contributed by atoms with Gasteiger partial charge in [-0.15, -0.1) is 0 Å². The van der Waals surface area contributed by atoms with Crippen LogP contribution in [-0.2, 0) is 6.54 Å². The number of para-hydroxylation sites is 1. The van der Waals surface area contributed by atoms with Gasteiger partial charge in [0.1, 0.15) is 11.5 Å². The lowest BCUT2D eigenvalue weighted by molar-refractivity contribution is 0.189. The van der Waals surface area contributed by atoms with Crippen LogP contribution in [0.3, 0.4) is 0 Å². The van der Waals surface area contributed by atoms with E-state index in [0.29, 0.717) is 23.7 Å². The number of amides is 2. The smallest absolute Gasteiger partial charge is 0.322 e. The Balaban J connectivity index is 1.67. The first-order valence-electron chi connectivity index (χ1n) is 9.17. The predicted octanol–water partition coefficient (Wildman–Crippen LogP) is 4.60. The molecule has 0 spiro atoms. The molecular formula is C22H23N3O3. The molecular weight excluding hydrogens is 354 g/mol. The molecule has 1 atom stereocenters. The van der Waals surface area contributed by atoms with Gasteiger partial charge in [-0.3, -0.25) is 0 Å². The largest absolute Gasteiger partial charge is 0.497 e. The van der Waals surface area contributed by atoms with Gasteiger partial charge in [-0.1, -0.05) is 18.2 Å². The maximum atomic E-state index is 13.2. The van der Waals surface area contributed by atoms with Gasteiger partial charge >= 0.3 is 6.03 Å². The Morgan fingerprint density at radius 1 is 1.07 bits per heavy atom. The second-order valence-electron chi connectivity index (χ2n) is 6.73. The molecule has 0 bridgehead atoms. The predicted molar refractivity (Wildman–Crippen MR) is 108 cm³/mol. The number of urea groups is 1. The fraction of sp³-hybridized carbons (Fsp3) is 0.227. The van der Waals surface area contributed by atoms with Crippen LogP contribution in [0.2, 0.25) is 0 Å². The molecule has 2 amide bonds. The van der Waals surface area contributed by atoms with Crippen molar-refractivity contribution in [2.45, 2.75) is 19.5 Å². The Morgan fingerprint density at radius 3 is 2.68 bits per heavy atom. The number of anilines is 1. The second-order valence-corrected chi connectivity index (χ2v) is 6.73. The number of methoxy groups -OCH3 is 2. The quantitative estimate of drug-likeness (QED) is 0.726. The van der Waals surface area contributed by atoms with Crippen molar-refractivity contribution in [2.75, 3.05) is 19.5 Å². The van der Waals surface area contributed by atoms with Gasteiger partial charge in [-0.25, -0.2) is 4.79 Å². The molecule has 28 heavy (non-hydrogen) atoms. The Kier molecular flexibility index (Phi) is 4.69. The van der Waals surface area contributed by atoms with Gasteiger partial charge < -0.3 is 24.3 Å². The van der Waals surface area contributed by atoms with Crippen LogP contribution in [0, 0.1) is 0 Å². The van der Waals surface area contributed by atoms with Crippen LogP contribution in [0.25, 0.3) is 5.69 Å². The van der Waals surface area contributed by atoms with Crippen molar-refractivity contribution >= 4 is 11.7 Å². The van der Waals surface area contributed by atoms with Crippen LogP contribution in [0.15, 0.2) is 60.8 Å². The van der Waals surface area contributed by atoms with Crippen molar-refractivity contribution < 1.29 is 14.3 Å². The molecule has 0 aliphatic carbocycles. The molecule has 144 valence electrons. The molecule has 1 aliphatic rings.